The van der Waals surface area contributed by atoms with Gasteiger partial charge in [-0.3, -0.25) is 4.98 Å². The number of unbranched alkanes of at least 4 members (excludes halogenated alkanes) is 4. The van der Waals surface area contributed by atoms with E-state index in [0.717, 1.165) is 44.5 Å². The third-order valence-corrected chi connectivity index (χ3v) is 5.78. The molecule has 2 aromatic carbocycles. The summed E-state index contributed by atoms with van der Waals surface area (Å²) in [6, 6.07) is 21.8. The van der Waals surface area contributed by atoms with E-state index in [2.05, 4.69) is 85.7 Å². The SMILES string of the molecule is CCCCCCc1ccc(CCc2ccc(-c3ccc(OCCCC)cc3)cc2)cn1. The fourth-order valence-electron chi connectivity index (χ4n) is 3.71. The van der Waals surface area contributed by atoms with Gasteiger partial charge in [-0.15, -0.1) is 0 Å². The monoisotopic (exact) mass is 415 g/mol. The van der Waals surface area contributed by atoms with E-state index in [1.807, 2.05) is 0 Å². The van der Waals surface area contributed by atoms with Crippen molar-refractivity contribution in [2.24, 2.45) is 0 Å². The maximum absolute atomic E-state index is 5.76. The van der Waals surface area contributed by atoms with Crippen molar-refractivity contribution in [3.63, 3.8) is 0 Å². The van der Waals surface area contributed by atoms with E-state index in [0.29, 0.717) is 0 Å². The first-order chi connectivity index (χ1) is 15.3. The highest BCUT2D eigenvalue weighted by Crippen LogP contribution is 2.23. The molecule has 0 unspecified atom stereocenters. The Labute approximate surface area is 188 Å². The van der Waals surface area contributed by atoms with Crippen LogP contribution in [0.25, 0.3) is 11.1 Å². The molecule has 164 valence electrons. The van der Waals surface area contributed by atoms with Crippen LogP contribution >= 0.6 is 0 Å². The molecule has 0 aliphatic heterocycles. The Hall–Kier alpha value is -2.61. The van der Waals surface area contributed by atoms with Gasteiger partial charge in [-0.2, -0.15) is 0 Å². The summed E-state index contributed by atoms with van der Waals surface area (Å²) in [5.41, 5.74) is 6.39. The molecular formula is C29H37NO. The van der Waals surface area contributed by atoms with Crippen LogP contribution in [0.2, 0.25) is 0 Å². The minimum atomic E-state index is 0.793. The van der Waals surface area contributed by atoms with E-state index in [1.165, 1.54) is 53.6 Å². The van der Waals surface area contributed by atoms with Crippen molar-refractivity contribution >= 4 is 0 Å². The van der Waals surface area contributed by atoms with Gasteiger partial charge in [0.2, 0.25) is 0 Å². The summed E-state index contributed by atoms with van der Waals surface area (Å²) < 4.78 is 5.76. The predicted molar refractivity (Wildman–Crippen MR) is 132 cm³/mol. The maximum Gasteiger partial charge on any atom is 0.119 e. The molecule has 2 nitrogen and oxygen atoms in total. The first-order valence-corrected chi connectivity index (χ1v) is 12.0. The van der Waals surface area contributed by atoms with Crippen LogP contribution in [0.3, 0.4) is 0 Å². The van der Waals surface area contributed by atoms with Crippen LogP contribution in [0.1, 0.15) is 69.2 Å². The van der Waals surface area contributed by atoms with E-state index < -0.39 is 0 Å². The smallest absolute Gasteiger partial charge is 0.119 e. The van der Waals surface area contributed by atoms with Crippen LogP contribution < -0.4 is 4.74 Å². The molecule has 0 bridgehead atoms. The normalized spacial score (nSPS) is 10.9. The summed E-state index contributed by atoms with van der Waals surface area (Å²) in [5, 5.41) is 0. The highest BCUT2D eigenvalue weighted by molar-refractivity contribution is 5.64. The molecular weight excluding hydrogens is 378 g/mol. The van der Waals surface area contributed by atoms with Gasteiger partial charge >= 0.3 is 0 Å². The van der Waals surface area contributed by atoms with Crippen molar-refractivity contribution in [3.05, 3.63) is 83.7 Å². The predicted octanol–water partition coefficient (Wildman–Crippen LogP) is 7.84. The highest BCUT2D eigenvalue weighted by Gasteiger charge is 2.02. The minimum Gasteiger partial charge on any atom is -0.494 e. The average Bonchev–Trinajstić information content (AvgIpc) is 2.82. The third kappa shape index (κ3) is 7.86. The number of ether oxygens (including phenoxy) is 1. The summed E-state index contributed by atoms with van der Waals surface area (Å²) in [6.45, 7) is 5.23. The van der Waals surface area contributed by atoms with E-state index in [-0.39, 0.29) is 0 Å². The topological polar surface area (TPSA) is 22.1 Å². The number of rotatable bonds is 13. The standard InChI is InChI=1S/C29H37NO/c1-3-5-7-8-9-28-19-14-25(23-30-28)11-10-24-12-15-26(16-13-24)27-17-20-29(21-18-27)31-22-6-4-2/h12-21,23H,3-11,22H2,1-2H3. The van der Waals surface area contributed by atoms with E-state index in [4.69, 9.17) is 4.74 Å². The molecule has 2 heteroatoms. The minimum absolute atomic E-state index is 0.793. The van der Waals surface area contributed by atoms with Gasteiger partial charge in [0.05, 0.1) is 6.61 Å². The molecule has 1 aromatic heterocycles. The molecule has 0 N–H and O–H groups in total. The molecule has 0 aliphatic carbocycles. The van der Waals surface area contributed by atoms with Crippen molar-refractivity contribution in [1.82, 2.24) is 4.98 Å². The number of aromatic nitrogens is 1. The Balaban J connectivity index is 1.47. The molecule has 3 rings (SSSR count). The summed E-state index contributed by atoms with van der Waals surface area (Å²) in [6.07, 6.45) is 12.7. The van der Waals surface area contributed by atoms with Gasteiger partial charge in [-0.05, 0) is 72.6 Å². The Kier molecular flexibility index (Phi) is 9.63. The van der Waals surface area contributed by atoms with Crippen molar-refractivity contribution in [3.8, 4) is 16.9 Å². The largest absolute Gasteiger partial charge is 0.494 e. The van der Waals surface area contributed by atoms with Crippen LogP contribution in [0, 0.1) is 0 Å². The molecule has 0 radical (unpaired) electrons. The van der Waals surface area contributed by atoms with Crippen molar-refractivity contribution in [2.45, 2.75) is 71.6 Å². The Morgan fingerprint density at radius 1 is 0.613 bits per heavy atom. The quantitative estimate of drug-likeness (QED) is 0.265. The van der Waals surface area contributed by atoms with Crippen molar-refractivity contribution in [2.75, 3.05) is 6.61 Å². The third-order valence-electron chi connectivity index (χ3n) is 5.78. The molecule has 1 heterocycles. The fourth-order valence-corrected chi connectivity index (χ4v) is 3.71. The van der Waals surface area contributed by atoms with Crippen LogP contribution in [-0.4, -0.2) is 11.6 Å². The zero-order valence-corrected chi connectivity index (χ0v) is 19.3. The van der Waals surface area contributed by atoms with Crippen molar-refractivity contribution in [1.29, 1.82) is 0 Å². The molecule has 0 saturated heterocycles. The Morgan fingerprint density at radius 2 is 1.26 bits per heavy atom. The van der Waals surface area contributed by atoms with Gasteiger partial charge in [0.1, 0.15) is 5.75 Å². The highest BCUT2D eigenvalue weighted by atomic mass is 16.5. The number of pyridine rings is 1. The first kappa shape index (κ1) is 23.1. The van der Waals surface area contributed by atoms with E-state index >= 15 is 0 Å². The van der Waals surface area contributed by atoms with Gasteiger partial charge in [0.25, 0.3) is 0 Å². The summed E-state index contributed by atoms with van der Waals surface area (Å²) in [5.74, 6) is 0.953. The van der Waals surface area contributed by atoms with Gasteiger partial charge in [-0.1, -0.05) is 82.0 Å². The lowest BCUT2D eigenvalue weighted by molar-refractivity contribution is 0.309. The Bertz CT molecular complexity index is 866. The lowest BCUT2D eigenvalue weighted by Gasteiger charge is -2.08. The molecule has 3 aromatic rings. The molecule has 0 spiro atoms. The van der Waals surface area contributed by atoms with E-state index in [9.17, 15) is 0 Å². The molecule has 0 amide bonds. The second-order valence-electron chi connectivity index (χ2n) is 8.39. The van der Waals surface area contributed by atoms with Gasteiger partial charge in [0, 0.05) is 11.9 Å². The van der Waals surface area contributed by atoms with Crippen LogP contribution in [0.5, 0.6) is 5.75 Å². The fraction of sp³-hybridized carbons (Fsp3) is 0.414. The number of benzene rings is 2. The lowest BCUT2D eigenvalue weighted by atomic mass is 10.0. The van der Waals surface area contributed by atoms with Gasteiger partial charge in [-0.25, -0.2) is 0 Å². The molecule has 0 saturated carbocycles. The zero-order chi connectivity index (χ0) is 21.7. The summed E-state index contributed by atoms with van der Waals surface area (Å²) in [4.78, 5) is 4.66. The average molecular weight is 416 g/mol. The number of nitrogens with zero attached hydrogens (tertiary/aromatic N) is 1. The van der Waals surface area contributed by atoms with Gasteiger partial charge < -0.3 is 4.74 Å². The van der Waals surface area contributed by atoms with Gasteiger partial charge in [0.15, 0.2) is 0 Å². The number of hydrogen-bond donors (Lipinski definition) is 0. The van der Waals surface area contributed by atoms with Crippen molar-refractivity contribution < 1.29 is 4.74 Å². The second-order valence-corrected chi connectivity index (χ2v) is 8.39. The maximum atomic E-state index is 5.76. The molecule has 0 fully saturated rings. The van der Waals surface area contributed by atoms with Crippen LogP contribution in [0.15, 0.2) is 66.9 Å². The van der Waals surface area contributed by atoms with E-state index in [1.54, 1.807) is 0 Å². The summed E-state index contributed by atoms with van der Waals surface area (Å²) in [7, 11) is 0. The second kappa shape index (κ2) is 12.9. The number of aryl methyl sites for hydroxylation is 3. The Morgan fingerprint density at radius 3 is 1.90 bits per heavy atom. The lowest BCUT2D eigenvalue weighted by Crippen LogP contribution is -1.96. The molecule has 0 atom stereocenters. The molecule has 31 heavy (non-hydrogen) atoms. The van der Waals surface area contributed by atoms with Crippen LogP contribution in [-0.2, 0) is 19.3 Å². The molecule has 0 aliphatic rings. The first-order valence-electron chi connectivity index (χ1n) is 12.0. The summed E-state index contributed by atoms with van der Waals surface area (Å²) >= 11 is 0. The number of hydrogen-bond acceptors (Lipinski definition) is 2. The van der Waals surface area contributed by atoms with Crippen LogP contribution in [0.4, 0.5) is 0 Å². The zero-order valence-electron chi connectivity index (χ0n) is 19.3.